The second kappa shape index (κ2) is 10.1. The number of sulfonamides is 1. The van der Waals surface area contributed by atoms with E-state index in [0.29, 0.717) is 22.2 Å². The lowest BCUT2D eigenvalue weighted by molar-refractivity contribution is -0.116. The third-order valence-corrected chi connectivity index (χ3v) is 6.37. The molecule has 0 bridgehead atoms. The van der Waals surface area contributed by atoms with Crippen LogP contribution in [0.3, 0.4) is 0 Å². The molecule has 0 saturated carbocycles. The Morgan fingerprint density at radius 3 is 2.27 bits per heavy atom. The molecule has 30 heavy (non-hydrogen) atoms. The third kappa shape index (κ3) is 6.31. The summed E-state index contributed by atoms with van der Waals surface area (Å²) in [7, 11) is -3.61. The van der Waals surface area contributed by atoms with Gasteiger partial charge >= 0.3 is 0 Å². The number of hydrogen-bond donors (Lipinski definition) is 2. The number of halogens is 2. The van der Waals surface area contributed by atoms with E-state index in [0.717, 1.165) is 11.1 Å². The van der Waals surface area contributed by atoms with E-state index in [1.165, 1.54) is 12.1 Å². The first-order valence-corrected chi connectivity index (χ1v) is 11.4. The zero-order chi connectivity index (χ0) is 21.6. The van der Waals surface area contributed by atoms with E-state index in [1.54, 1.807) is 30.3 Å². The Kier molecular flexibility index (Phi) is 7.50. The summed E-state index contributed by atoms with van der Waals surface area (Å²) in [6.45, 7) is 0.219. The summed E-state index contributed by atoms with van der Waals surface area (Å²) >= 11 is 12.0. The zero-order valence-corrected chi connectivity index (χ0v) is 18.3. The van der Waals surface area contributed by atoms with Gasteiger partial charge in [-0.3, -0.25) is 4.79 Å². The van der Waals surface area contributed by atoms with E-state index in [-0.39, 0.29) is 23.8 Å². The van der Waals surface area contributed by atoms with Gasteiger partial charge in [0.05, 0.1) is 15.6 Å². The maximum absolute atomic E-state index is 12.4. The van der Waals surface area contributed by atoms with Crippen molar-refractivity contribution in [2.75, 3.05) is 5.32 Å². The van der Waals surface area contributed by atoms with E-state index in [1.807, 2.05) is 30.3 Å². The molecule has 1 amide bonds. The molecular formula is C22H20Cl2N2O3S. The van der Waals surface area contributed by atoms with Crippen molar-refractivity contribution < 1.29 is 13.2 Å². The molecular weight excluding hydrogens is 443 g/mol. The molecule has 3 rings (SSSR count). The maximum atomic E-state index is 12.4. The molecule has 0 atom stereocenters. The molecule has 0 aliphatic carbocycles. The number of carbonyl (C=O) groups excluding carboxylic acids is 1. The number of aryl methyl sites for hydroxylation is 1. The van der Waals surface area contributed by atoms with Crippen molar-refractivity contribution in [1.29, 1.82) is 0 Å². The minimum absolute atomic E-state index is 0.178. The Balaban J connectivity index is 1.55. The average Bonchev–Trinajstić information content (AvgIpc) is 2.74. The number of benzene rings is 3. The fourth-order valence-corrected chi connectivity index (χ4v) is 4.11. The summed E-state index contributed by atoms with van der Waals surface area (Å²) in [5.41, 5.74) is 2.19. The van der Waals surface area contributed by atoms with Crippen LogP contribution >= 0.6 is 23.2 Å². The molecule has 156 valence electrons. The van der Waals surface area contributed by atoms with Gasteiger partial charge in [-0.15, -0.1) is 0 Å². The molecule has 8 heteroatoms. The predicted octanol–water partition coefficient (Wildman–Crippen LogP) is 5.04. The van der Waals surface area contributed by atoms with Crippen LogP contribution in [0, 0.1) is 0 Å². The molecule has 0 heterocycles. The molecule has 3 aromatic carbocycles. The quantitative estimate of drug-likeness (QED) is 0.491. The van der Waals surface area contributed by atoms with Gasteiger partial charge in [0.1, 0.15) is 0 Å². The van der Waals surface area contributed by atoms with Crippen molar-refractivity contribution in [3.8, 4) is 0 Å². The topological polar surface area (TPSA) is 75.3 Å². The van der Waals surface area contributed by atoms with Crippen LogP contribution in [0.15, 0.2) is 77.7 Å². The van der Waals surface area contributed by atoms with Crippen molar-refractivity contribution in [2.45, 2.75) is 24.3 Å². The van der Waals surface area contributed by atoms with Crippen LogP contribution in [0.1, 0.15) is 17.5 Å². The number of carbonyl (C=O) groups is 1. The lowest BCUT2D eigenvalue weighted by Gasteiger charge is -2.09. The summed E-state index contributed by atoms with van der Waals surface area (Å²) < 4.78 is 27.5. The van der Waals surface area contributed by atoms with Crippen LogP contribution in [0.2, 0.25) is 10.0 Å². The minimum Gasteiger partial charge on any atom is -0.325 e. The highest BCUT2D eigenvalue weighted by molar-refractivity contribution is 7.89. The Hall–Kier alpha value is -2.38. The molecule has 0 fully saturated rings. The predicted molar refractivity (Wildman–Crippen MR) is 120 cm³/mol. The van der Waals surface area contributed by atoms with Gasteiger partial charge in [0.2, 0.25) is 15.9 Å². The zero-order valence-electron chi connectivity index (χ0n) is 15.9. The summed E-state index contributed by atoms with van der Waals surface area (Å²) in [5.74, 6) is -0.208. The number of anilines is 1. The summed E-state index contributed by atoms with van der Waals surface area (Å²) in [4.78, 5) is 12.4. The number of nitrogens with one attached hydrogen (secondary N) is 2. The lowest BCUT2D eigenvalue weighted by Crippen LogP contribution is -2.23. The Morgan fingerprint density at radius 2 is 1.57 bits per heavy atom. The van der Waals surface area contributed by atoms with Crippen LogP contribution in [0.25, 0.3) is 0 Å². The number of rotatable bonds is 8. The standard InChI is InChI=1S/C22H20Cl2N2O3S/c23-18-9-12-20(24)21(14-18)26-22(27)13-8-16-6-10-19(11-7-16)30(28,29)25-15-17-4-2-1-3-5-17/h1-7,9-12,14,25H,8,13,15H2,(H,26,27). The molecule has 0 aliphatic heterocycles. The fraction of sp³-hybridized carbons (Fsp3) is 0.136. The number of hydrogen-bond acceptors (Lipinski definition) is 3. The Labute approximate surface area is 186 Å². The van der Waals surface area contributed by atoms with Gasteiger partial charge in [0.15, 0.2) is 0 Å². The highest BCUT2D eigenvalue weighted by Gasteiger charge is 2.14. The second-order valence-electron chi connectivity index (χ2n) is 6.63. The molecule has 0 radical (unpaired) electrons. The van der Waals surface area contributed by atoms with Crippen molar-refractivity contribution in [2.24, 2.45) is 0 Å². The van der Waals surface area contributed by atoms with Crippen LogP contribution in [0.5, 0.6) is 0 Å². The van der Waals surface area contributed by atoms with Gasteiger partial charge in [-0.25, -0.2) is 13.1 Å². The molecule has 3 aromatic rings. The van der Waals surface area contributed by atoms with Gasteiger partial charge in [0, 0.05) is 18.0 Å². The van der Waals surface area contributed by atoms with Crippen LogP contribution in [0.4, 0.5) is 5.69 Å². The van der Waals surface area contributed by atoms with Crippen molar-refractivity contribution in [3.63, 3.8) is 0 Å². The first-order valence-electron chi connectivity index (χ1n) is 9.21. The average molecular weight is 463 g/mol. The van der Waals surface area contributed by atoms with E-state index >= 15 is 0 Å². The van der Waals surface area contributed by atoms with Gasteiger partial charge in [-0.2, -0.15) is 0 Å². The number of amides is 1. The largest absolute Gasteiger partial charge is 0.325 e. The monoisotopic (exact) mass is 462 g/mol. The summed E-state index contributed by atoms with van der Waals surface area (Å²) in [5, 5.41) is 3.61. The lowest BCUT2D eigenvalue weighted by atomic mass is 10.1. The van der Waals surface area contributed by atoms with Gasteiger partial charge in [-0.1, -0.05) is 65.7 Å². The summed E-state index contributed by atoms with van der Waals surface area (Å²) in [6, 6.07) is 20.6. The molecule has 0 unspecified atom stereocenters. The van der Waals surface area contributed by atoms with Crippen molar-refractivity contribution in [1.82, 2.24) is 4.72 Å². The SMILES string of the molecule is O=C(CCc1ccc(S(=O)(=O)NCc2ccccc2)cc1)Nc1cc(Cl)ccc1Cl. The molecule has 2 N–H and O–H groups in total. The van der Waals surface area contributed by atoms with Gasteiger partial charge in [0.25, 0.3) is 0 Å². The second-order valence-corrected chi connectivity index (χ2v) is 9.24. The fourth-order valence-electron chi connectivity index (χ4n) is 2.76. The van der Waals surface area contributed by atoms with Gasteiger partial charge in [-0.05, 0) is 47.9 Å². The molecule has 5 nitrogen and oxygen atoms in total. The third-order valence-electron chi connectivity index (χ3n) is 4.39. The normalized spacial score (nSPS) is 11.3. The van der Waals surface area contributed by atoms with E-state index in [9.17, 15) is 13.2 Å². The molecule has 0 aromatic heterocycles. The Bertz CT molecular complexity index is 1120. The summed E-state index contributed by atoms with van der Waals surface area (Å²) in [6.07, 6.45) is 0.684. The van der Waals surface area contributed by atoms with E-state index in [2.05, 4.69) is 10.0 Å². The maximum Gasteiger partial charge on any atom is 0.240 e. The highest BCUT2D eigenvalue weighted by atomic mass is 35.5. The first kappa shape index (κ1) is 22.3. The van der Waals surface area contributed by atoms with Crippen LogP contribution < -0.4 is 10.0 Å². The van der Waals surface area contributed by atoms with E-state index in [4.69, 9.17) is 23.2 Å². The molecule has 0 spiro atoms. The molecule has 0 aliphatic rings. The van der Waals surface area contributed by atoms with Crippen LogP contribution in [-0.2, 0) is 27.8 Å². The Morgan fingerprint density at radius 1 is 0.867 bits per heavy atom. The van der Waals surface area contributed by atoms with E-state index < -0.39 is 10.0 Å². The first-order chi connectivity index (χ1) is 14.3. The van der Waals surface area contributed by atoms with Gasteiger partial charge < -0.3 is 5.32 Å². The molecule has 0 saturated heterocycles. The van der Waals surface area contributed by atoms with Crippen LogP contribution in [-0.4, -0.2) is 14.3 Å². The smallest absolute Gasteiger partial charge is 0.240 e. The minimum atomic E-state index is -3.61. The van der Waals surface area contributed by atoms with Crippen molar-refractivity contribution in [3.05, 3.63) is 94.0 Å². The highest BCUT2D eigenvalue weighted by Crippen LogP contribution is 2.25. The van der Waals surface area contributed by atoms with Crippen molar-refractivity contribution >= 4 is 44.8 Å².